The van der Waals surface area contributed by atoms with E-state index in [9.17, 15) is 14.4 Å². The number of likely N-dealkylation sites (tertiary alicyclic amines) is 1. The number of carbonyl (C=O) groups excluding carboxylic acids is 3. The first-order valence-corrected chi connectivity index (χ1v) is 13.8. The Kier molecular flexibility index (Phi) is 7.69. The number of oxazole rings is 1. The molecular weight excluding hydrogens is 552 g/mol. The Balaban J connectivity index is 1.36. The van der Waals surface area contributed by atoms with Gasteiger partial charge in [-0.15, -0.1) is 0 Å². The van der Waals surface area contributed by atoms with Crippen LogP contribution in [0.3, 0.4) is 0 Å². The lowest BCUT2D eigenvalue weighted by Gasteiger charge is -2.23. The number of methoxy groups -OCH3 is 1. The van der Waals surface area contributed by atoms with Gasteiger partial charge in [-0.05, 0) is 65.6 Å². The van der Waals surface area contributed by atoms with E-state index in [4.69, 9.17) is 18.6 Å². The first-order chi connectivity index (χ1) is 20.9. The van der Waals surface area contributed by atoms with Crippen LogP contribution >= 0.6 is 0 Å². The lowest BCUT2D eigenvalue weighted by Crippen LogP contribution is -2.45. The van der Waals surface area contributed by atoms with Crippen molar-refractivity contribution in [3.63, 3.8) is 0 Å². The molecule has 0 aliphatic carbocycles. The third-order valence-electron chi connectivity index (χ3n) is 7.53. The number of aryl methyl sites for hydroxylation is 1. The van der Waals surface area contributed by atoms with Gasteiger partial charge in [-0.2, -0.15) is 0 Å². The van der Waals surface area contributed by atoms with Gasteiger partial charge in [-0.3, -0.25) is 14.4 Å². The summed E-state index contributed by atoms with van der Waals surface area (Å²) in [6, 6.07) is 17.6. The second-order valence-corrected chi connectivity index (χ2v) is 10.4. The van der Waals surface area contributed by atoms with E-state index in [1.165, 1.54) is 19.8 Å². The fraction of sp³-hybridized carbons (Fsp3) is 0.250. The predicted molar refractivity (Wildman–Crippen MR) is 155 cm³/mol. The lowest BCUT2D eigenvalue weighted by molar-refractivity contribution is -0.123. The molecule has 1 aromatic heterocycles. The SMILES string of the molecule is COc1cc2ccc1O[C@H]1CN(C(=O)c3cocn3)C[C@@H]1NC(=O)c1ccc(C)c(c1)-c1cccc(c1)OCC(=O)NC2. The zero-order valence-corrected chi connectivity index (χ0v) is 23.7. The largest absolute Gasteiger partial charge is 0.493 e. The van der Waals surface area contributed by atoms with Crippen LogP contribution in [0.2, 0.25) is 0 Å². The molecule has 11 nitrogen and oxygen atoms in total. The van der Waals surface area contributed by atoms with Crippen LogP contribution in [0.4, 0.5) is 0 Å². The number of hydrogen-bond acceptors (Lipinski definition) is 8. The van der Waals surface area contributed by atoms with Crippen LogP contribution in [0.15, 0.2) is 77.7 Å². The molecule has 1 fully saturated rings. The fourth-order valence-electron chi connectivity index (χ4n) is 5.24. The molecule has 2 atom stereocenters. The van der Waals surface area contributed by atoms with Crippen molar-refractivity contribution in [2.45, 2.75) is 25.6 Å². The third-order valence-corrected chi connectivity index (χ3v) is 7.53. The summed E-state index contributed by atoms with van der Waals surface area (Å²) >= 11 is 0. The van der Waals surface area contributed by atoms with Crippen molar-refractivity contribution in [3.8, 4) is 28.4 Å². The minimum absolute atomic E-state index is 0.157. The zero-order chi connectivity index (χ0) is 29.9. The van der Waals surface area contributed by atoms with Crippen molar-refractivity contribution in [2.24, 2.45) is 0 Å². The van der Waals surface area contributed by atoms with Gasteiger partial charge in [0.25, 0.3) is 17.7 Å². The van der Waals surface area contributed by atoms with Gasteiger partial charge in [0.1, 0.15) is 18.1 Å². The minimum atomic E-state index is -0.594. The van der Waals surface area contributed by atoms with E-state index in [2.05, 4.69) is 15.6 Å². The molecule has 6 bridgehead atoms. The molecule has 0 unspecified atom stereocenters. The molecule has 3 aliphatic rings. The zero-order valence-electron chi connectivity index (χ0n) is 23.7. The van der Waals surface area contributed by atoms with Gasteiger partial charge in [0.2, 0.25) is 0 Å². The number of ether oxygens (including phenoxy) is 3. The summed E-state index contributed by atoms with van der Waals surface area (Å²) in [7, 11) is 1.52. The van der Waals surface area contributed by atoms with E-state index in [-0.39, 0.29) is 49.7 Å². The number of aromatic nitrogens is 1. The van der Waals surface area contributed by atoms with Gasteiger partial charge in [0.15, 0.2) is 30.2 Å². The van der Waals surface area contributed by atoms with Crippen LogP contribution in [0.5, 0.6) is 17.2 Å². The summed E-state index contributed by atoms with van der Waals surface area (Å²) in [6.45, 7) is 2.46. The average molecular weight is 583 g/mol. The number of rotatable bonds is 2. The van der Waals surface area contributed by atoms with Gasteiger partial charge in [-0.25, -0.2) is 4.98 Å². The third kappa shape index (κ3) is 6.01. The summed E-state index contributed by atoms with van der Waals surface area (Å²) in [4.78, 5) is 44.9. The number of hydrogen-bond donors (Lipinski definition) is 2. The maximum absolute atomic E-state index is 13.6. The second-order valence-electron chi connectivity index (χ2n) is 10.4. The monoisotopic (exact) mass is 582 g/mol. The first kappa shape index (κ1) is 27.8. The van der Waals surface area contributed by atoms with E-state index in [1.54, 1.807) is 29.2 Å². The van der Waals surface area contributed by atoms with Gasteiger partial charge < -0.3 is 34.2 Å². The van der Waals surface area contributed by atoms with E-state index < -0.39 is 12.1 Å². The second kappa shape index (κ2) is 11.9. The molecule has 4 heterocycles. The first-order valence-electron chi connectivity index (χ1n) is 13.8. The fourth-order valence-corrected chi connectivity index (χ4v) is 5.24. The van der Waals surface area contributed by atoms with Crippen molar-refractivity contribution < 1.29 is 33.0 Å². The molecule has 1 saturated heterocycles. The highest BCUT2D eigenvalue weighted by atomic mass is 16.5. The van der Waals surface area contributed by atoms with Crippen LogP contribution in [-0.2, 0) is 11.3 Å². The molecular formula is C32H30N4O7. The summed E-state index contributed by atoms with van der Waals surface area (Å²) in [5.41, 5.74) is 4.07. The Hall–Kier alpha value is -5.32. The predicted octanol–water partition coefficient (Wildman–Crippen LogP) is 3.37. The van der Waals surface area contributed by atoms with Crippen LogP contribution in [0, 0.1) is 6.92 Å². The number of nitrogens with one attached hydrogen (secondary N) is 2. The van der Waals surface area contributed by atoms with Crippen LogP contribution < -0.4 is 24.8 Å². The summed E-state index contributed by atoms with van der Waals surface area (Å²) in [5.74, 6) is 0.499. The van der Waals surface area contributed by atoms with Crippen molar-refractivity contribution in [2.75, 3.05) is 26.8 Å². The molecule has 11 heteroatoms. The number of carbonyl (C=O) groups is 3. The number of amides is 3. The number of fused-ring (bicyclic) bond motifs is 7. The van der Waals surface area contributed by atoms with Crippen LogP contribution in [0.1, 0.15) is 32.0 Å². The Morgan fingerprint density at radius 1 is 1.05 bits per heavy atom. The Bertz CT molecular complexity index is 1670. The van der Waals surface area contributed by atoms with E-state index in [0.717, 1.165) is 22.3 Å². The number of nitrogens with zero attached hydrogens (tertiary/aromatic N) is 2. The Labute approximate surface area is 247 Å². The van der Waals surface area contributed by atoms with Gasteiger partial charge in [-0.1, -0.05) is 24.3 Å². The lowest BCUT2D eigenvalue weighted by atomic mass is 9.97. The molecule has 0 radical (unpaired) electrons. The standard InChI is InChI=1S/C32H30N4O7/c1-19-6-8-22-12-24(19)21-4-3-5-23(11-21)42-17-30(37)33-13-20-7-9-27(28(10-20)40-2)43-29-15-36(14-25(29)35-31(22)38)32(39)26-16-41-18-34-26/h3-12,16,18,25,29H,13-15,17H2,1-2H3,(H,33,37)(H,35,38)/t25-,29-/m0/s1. The van der Waals surface area contributed by atoms with Crippen molar-refractivity contribution in [3.05, 3.63) is 95.7 Å². The molecule has 3 aliphatic heterocycles. The quantitative estimate of drug-likeness (QED) is 0.368. The molecule has 3 amide bonds. The topological polar surface area (TPSA) is 132 Å². The van der Waals surface area contributed by atoms with Crippen LogP contribution in [0.25, 0.3) is 11.1 Å². The number of benzene rings is 3. The maximum atomic E-state index is 13.6. The average Bonchev–Trinajstić information content (AvgIpc) is 3.70. The Morgan fingerprint density at radius 2 is 1.93 bits per heavy atom. The maximum Gasteiger partial charge on any atom is 0.276 e. The minimum Gasteiger partial charge on any atom is -0.493 e. The van der Waals surface area contributed by atoms with Crippen molar-refractivity contribution >= 4 is 17.7 Å². The molecule has 2 N–H and O–H groups in total. The molecule has 3 aromatic carbocycles. The molecule has 0 saturated carbocycles. The summed E-state index contributed by atoms with van der Waals surface area (Å²) < 4.78 is 22.7. The highest BCUT2D eigenvalue weighted by Gasteiger charge is 2.39. The smallest absolute Gasteiger partial charge is 0.276 e. The highest BCUT2D eigenvalue weighted by Crippen LogP contribution is 2.32. The molecule has 0 spiro atoms. The van der Waals surface area contributed by atoms with Crippen LogP contribution in [-0.4, -0.2) is 66.6 Å². The normalized spacial score (nSPS) is 18.5. The molecule has 220 valence electrons. The molecule has 7 rings (SSSR count). The van der Waals surface area contributed by atoms with Crippen molar-refractivity contribution in [1.82, 2.24) is 20.5 Å². The molecule has 4 aromatic rings. The van der Waals surface area contributed by atoms with Gasteiger partial charge in [0, 0.05) is 18.7 Å². The van der Waals surface area contributed by atoms with E-state index in [1.807, 2.05) is 43.3 Å². The Morgan fingerprint density at radius 3 is 2.74 bits per heavy atom. The van der Waals surface area contributed by atoms with E-state index >= 15 is 0 Å². The molecule has 43 heavy (non-hydrogen) atoms. The van der Waals surface area contributed by atoms with Gasteiger partial charge in [0.05, 0.1) is 19.7 Å². The van der Waals surface area contributed by atoms with E-state index in [0.29, 0.717) is 22.8 Å². The highest BCUT2D eigenvalue weighted by molar-refractivity contribution is 5.96. The summed E-state index contributed by atoms with van der Waals surface area (Å²) in [5, 5.41) is 5.95. The van der Waals surface area contributed by atoms with Crippen molar-refractivity contribution in [1.29, 1.82) is 0 Å². The van der Waals surface area contributed by atoms with Gasteiger partial charge >= 0.3 is 0 Å². The summed E-state index contributed by atoms with van der Waals surface area (Å²) in [6.07, 6.45) is 1.89.